The summed E-state index contributed by atoms with van der Waals surface area (Å²) in [6.07, 6.45) is 9.36. The lowest BCUT2D eigenvalue weighted by molar-refractivity contribution is -0.135. The second-order valence-corrected chi connectivity index (χ2v) is 10.5. The molecule has 0 aromatic heterocycles. The molecule has 1 saturated heterocycles. The molecule has 2 atom stereocenters. The van der Waals surface area contributed by atoms with Gasteiger partial charge in [0.2, 0.25) is 5.91 Å². The van der Waals surface area contributed by atoms with Gasteiger partial charge in [0.1, 0.15) is 0 Å². The normalized spacial score (nSPS) is 25.5. The van der Waals surface area contributed by atoms with Crippen molar-refractivity contribution in [2.45, 2.75) is 77.2 Å². The Morgan fingerprint density at radius 2 is 1.79 bits per heavy atom. The van der Waals surface area contributed by atoms with Crippen molar-refractivity contribution >= 4 is 5.91 Å². The second-order valence-electron chi connectivity index (χ2n) is 10.5. The summed E-state index contributed by atoms with van der Waals surface area (Å²) in [6, 6.07) is 9.21. The van der Waals surface area contributed by atoms with Gasteiger partial charge in [-0.1, -0.05) is 70.7 Å². The number of carbonyl (C=O) groups excluding carboxylic acids is 1. The number of rotatable bonds is 5. The van der Waals surface area contributed by atoms with Crippen LogP contribution in [0.25, 0.3) is 0 Å². The van der Waals surface area contributed by atoms with Crippen LogP contribution < -0.4 is 0 Å². The van der Waals surface area contributed by atoms with Crippen molar-refractivity contribution in [2.75, 3.05) is 26.7 Å². The molecule has 4 rings (SSSR count). The average Bonchev–Trinajstić information content (AvgIpc) is 3.37. The Balaban J connectivity index is 1.45. The van der Waals surface area contributed by atoms with Crippen molar-refractivity contribution in [3.8, 4) is 0 Å². The number of fused-ring (bicyclic) bond motifs is 2. The largest absolute Gasteiger partial charge is 0.338 e. The van der Waals surface area contributed by atoms with Crippen LogP contribution in [0.2, 0.25) is 0 Å². The van der Waals surface area contributed by atoms with Gasteiger partial charge in [-0.05, 0) is 55.3 Å². The number of benzene rings is 1. The molecule has 2 fully saturated rings. The van der Waals surface area contributed by atoms with Crippen LogP contribution in [0.15, 0.2) is 24.3 Å². The Hall–Kier alpha value is -1.35. The van der Waals surface area contributed by atoms with E-state index < -0.39 is 0 Å². The van der Waals surface area contributed by atoms with E-state index in [9.17, 15) is 4.79 Å². The molecule has 0 N–H and O–H groups in total. The van der Waals surface area contributed by atoms with Gasteiger partial charge in [-0.3, -0.25) is 4.79 Å². The monoisotopic (exact) mass is 396 g/mol. The summed E-state index contributed by atoms with van der Waals surface area (Å²) >= 11 is 0. The van der Waals surface area contributed by atoms with E-state index in [4.69, 9.17) is 0 Å². The van der Waals surface area contributed by atoms with Crippen molar-refractivity contribution in [1.82, 2.24) is 9.80 Å². The second kappa shape index (κ2) is 8.41. The van der Waals surface area contributed by atoms with Crippen molar-refractivity contribution < 1.29 is 4.79 Å². The smallest absolute Gasteiger partial charge is 0.225 e. The Morgan fingerprint density at radius 1 is 1.14 bits per heavy atom. The topological polar surface area (TPSA) is 23.6 Å². The zero-order chi connectivity index (χ0) is 20.6. The van der Waals surface area contributed by atoms with Crippen molar-refractivity contribution in [3.05, 3.63) is 35.4 Å². The van der Waals surface area contributed by atoms with Crippen LogP contribution in [-0.4, -0.2) is 42.4 Å². The fourth-order valence-corrected chi connectivity index (χ4v) is 6.49. The first-order valence-corrected chi connectivity index (χ1v) is 12.0. The molecule has 3 aliphatic rings. The predicted octanol–water partition coefficient (Wildman–Crippen LogP) is 5.41. The Bertz CT molecular complexity index is 713. The van der Waals surface area contributed by atoms with E-state index in [-0.39, 0.29) is 23.3 Å². The number of hydrogen-bond acceptors (Lipinski definition) is 2. The highest BCUT2D eigenvalue weighted by Gasteiger charge is 2.47. The summed E-state index contributed by atoms with van der Waals surface area (Å²) in [6.45, 7) is 10.2. The van der Waals surface area contributed by atoms with E-state index in [1.54, 1.807) is 0 Å². The third kappa shape index (κ3) is 4.00. The van der Waals surface area contributed by atoms with Crippen LogP contribution in [0.1, 0.15) is 82.9 Å². The third-order valence-corrected chi connectivity index (χ3v) is 8.35. The van der Waals surface area contributed by atoms with Gasteiger partial charge in [0.15, 0.2) is 0 Å². The highest BCUT2D eigenvalue weighted by atomic mass is 16.2. The lowest BCUT2D eigenvalue weighted by Gasteiger charge is -2.42. The molecule has 1 saturated carbocycles. The molecule has 0 bridgehead atoms. The maximum Gasteiger partial charge on any atom is 0.225 e. The van der Waals surface area contributed by atoms with Crippen molar-refractivity contribution in [1.29, 1.82) is 0 Å². The fourth-order valence-electron chi connectivity index (χ4n) is 6.49. The van der Waals surface area contributed by atoms with Crippen LogP contribution >= 0.6 is 0 Å². The first-order valence-electron chi connectivity index (χ1n) is 12.0. The highest BCUT2D eigenvalue weighted by molar-refractivity contribution is 5.78. The van der Waals surface area contributed by atoms with Gasteiger partial charge in [-0.25, -0.2) is 0 Å². The fraction of sp³-hybridized carbons (Fsp3) is 0.731. The Labute approximate surface area is 177 Å². The molecular weight excluding hydrogens is 356 g/mol. The number of likely N-dealkylation sites (tertiary alicyclic amines) is 1. The SMILES string of the molecule is CC(C)C(=O)N(C)[C@H]1CC2(CCN(C[C@@H](C)C3CCCC3)CC2)c2ccccc21. The van der Waals surface area contributed by atoms with Crippen molar-refractivity contribution in [2.24, 2.45) is 17.8 Å². The van der Waals surface area contributed by atoms with E-state index in [0.29, 0.717) is 0 Å². The molecule has 160 valence electrons. The minimum Gasteiger partial charge on any atom is -0.338 e. The summed E-state index contributed by atoms with van der Waals surface area (Å²) in [7, 11) is 2.02. The molecule has 29 heavy (non-hydrogen) atoms. The van der Waals surface area contributed by atoms with Gasteiger partial charge < -0.3 is 9.80 Å². The minimum atomic E-state index is 0.0580. The number of nitrogens with zero attached hydrogens (tertiary/aromatic N) is 2. The molecule has 3 heteroatoms. The lowest BCUT2D eigenvalue weighted by Crippen LogP contribution is -2.44. The maximum absolute atomic E-state index is 12.7. The lowest BCUT2D eigenvalue weighted by atomic mass is 9.73. The first-order chi connectivity index (χ1) is 13.9. The molecule has 0 unspecified atom stereocenters. The molecular formula is C26H40N2O. The average molecular weight is 397 g/mol. The standard InChI is InChI=1S/C26H40N2O/c1-19(2)25(29)27(4)24-17-26(23-12-8-7-11-22(23)24)13-15-28(16-14-26)18-20(3)21-9-5-6-10-21/h7-8,11-12,19-21,24H,5-6,9-10,13-18H2,1-4H3/t20-,24+/m1/s1. The van der Waals surface area contributed by atoms with Crippen LogP contribution in [0.4, 0.5) is 0 Å². The zero-order valence-corrected chi connectivity index (χ0v) is 19.0. The van der Waals surface area contributed by atoms with Crippen LogP contribution in [0.5, 0.6) is 0 Å². The van der Waals surface area contributed by atoms with Crippen LogP contribution in [0.3, 0.4) is 0 Å². The molecule has 1 spiro atoms. The zero-order valence-electron chi connectivity index (χ0n) is 19.0. The number of hydrogen-bond donors (Lipinski definition) is 0. The quantitative estimate of drug-likeness (QED) is 0.665. The summed E-state index contributed by atoms with van der Waals surface area (Å²) in [5, 5.41) is 0. The van der Waals surface area contributed by atoms with E-state index >= 15 is 0 Å². The molecule has 1 aliphatic heterocycles. The number of carbonyl (C=O) groups is 1. The Kier molecular flexibility index (Phi) is 6.06. The van der Waals surface area contributed by atoms with Crippen LogP contribution in [0, 0.1) is 17.8 Å². The van der Waals surface area contributed by atoms with E-state index in [2.05, 4.69) is 36.1 Å². The van der Waals surface area contributed by atoms with Gasteiger partial charge in [0.05, 0.1) is 6.04 Å². The first kappa shape index (κ1) is 20.9. The molecule has 3 nitrogen and oxygen atoms in total. The van der Waals surface area contributed by atoms with E-state index in [1.165, 1.54) is 69.3 Å². The molecule has 0 radical (unpaired) electrons. The van der Waals surface area contributed by atoms with Gasteiger partial charge in [0, 0.05) is 24.9 Å². The van der Waals surface area contributed by atoms with Gasteiger partial charge >= 0.3 is 0 Å². The summed E-state index contributed by atoms with van der Waals surface area (Å²) < 4.78 is 0. The minimum absolute atomic E-state index is 0.0580. The maximum atomic E-state index is 12.7. The van der Waals surface area contributed by atoms with Gasteiger partial charge in [-0.2, -0.15) is 0 Å². The van der Waals surface area contributed by atoms with Crippen LogP contribution in [-0.2, 0) is 10.2 Å². The highest BCUT2D eigenvalue weighted by Crippen LogP contribution is 2.52. The number of amides is 1. The summed E-state index contributed by atoms with van der Waals surface area (Å²) in [4.78, 5) is 17.5. The third-order valence-electron chi connectivity index (χ3n) is 8.35. The van der Waals surface area contributed by atoms with E-state index in [0.717, 1.165) is 18.3 Å². The molecule has 1 heterocycles. The van der Waals surface area contributed by atoms with E-state index in [1.807, 2.05) is 25.8 Å². The summed E-state index contributed by atoms with van der Waals surface area (Å²) in [5.41, 5.74) is 3.19. The van der Waals surface area contributed by atoms with Gasteiger partial charge in [-0.15, -0.1) is 0 Å². The Morgan fingerprint density at radius 3 is 2.45 bits per heavy atom. The molecule has 1 aromatic rings. The molecule has 1 aromatic carbocycles. The molecule has 2 aliphatic carbocycles. The van der Waals surface area contributed by atoms with Gasteiger partial charge in [0.25, 0.3) is 0 Å². The predicted molar refractivity (Wildman–Crippen MR) is 120 cm³/mol. The molecule has 1 amide bonds. The van der Waals surface area contributed by atoms with Crippen molar-refractivity contribution in [3.63, 3.8) is 0 Å². The summed E-state index contributed by atoms with van der Waals surface area (Å²) in [5.74, 6) is 2.12. The number of piperidine rings is 1.